The van der Waals surface area contributed by atoms with E-state index in [1.54, 1.807) is 13.8 Å². The third-order valence-corrected chi connectivity index (χ3v) is 3.98. The second-order valence-electron chi connectivity index (χ2n) is 2.50. The molecule has 12 heavy (non-hydrogen) atoms. The van der Waals surface area contributed by atoms with Gasteiger partial charge in [-0.1, -0.05) is 6.92 Å². The van der Waals surface area contributed by atoms with Gasteiger partial charge >= 0.3 is 0 Å². The quantitative estimate of drug-likeness (QED) is 0.598. The Morgan fingerprint density at radius 3 is 1.92 bits per heavy atom. The summed E-state index contributed by atoms with van der Waals surface area (Å²) in [7, 11) is -0.219. The zero-order chi connectivity index (χ0) is 9.78. The number of sulfone groups is 1. The zero-order valence-corrected chi connectivity index (χ0v) is 8.72. The SMILES string of the molecule is CCS(=O)(=O)C(C)C(OC)OC. The van der Waals surface area contributed by atoms with Crippen LogP contribution in [0.4, 0.5) is 0 Å². The van der Waals surface area contributed by atoms with Crippen LogP contribution < -0.4 is 0 Å². The van der Waals surface area contributed by atoms with Gasteiger partial charge in [0.25, 0.3) is 0 Å². The van der Waals surface area contributed by atoms with Crippen molar-refractivity contribution >= 4 is 9.84 Å². The summed E-state index contributed by atoms with van der Waals surface area (Å²) in [4.78, 5) is 0. The van der Waals surface area contributed by atoms with Crippen LogP contribution in [0.15, 0.2) is 0 Å². The summed E-state index contributed by atoms with van der Waals surface area (Å²) in [5.74, 6) is 0.109. The molecule has 0 saturated heterocycles. The second kappa shape index (κ2) is 4.79. The van der Waals surface area contributed by atoms with Crippen LogP contribution in [0.5, 0.6) is 0 Å². The second-order valence-corrected chi connectivity index (χ2v) is 5.14. The first-order valence-electron chi connectivity index (χ1n) is 3.76. The first-order valence-corrected chi connectivity index (χ1v) is 5.48. The van der Waals surface area contributed by atoms with Crippen molar-refractivity contribution in [1.82, 2.24) is 0 Å². The van der Waals surface area contributed by atoms with E-state index in [1.165, 1.54) is 14.2 Å². The molecule has 4 nitrogen and oxygen atoms in total. The molecule has 0 spiro atoms. The fraction of sp³-hybridized carbons (Fsp3) is 1.00. The largest absolute Gasteiger partial charge is 0.355 e. The van der Waals surface area contributed by atoms with Crippen LogP contribution in [0.3, 0.4) is 0 Å². The first-order chi connectivity index (χ1) is 5.49. The van der Waals surface area contributed by atoms with E-state index in [0.717, 1.165) is 0 Å². The van der Waals surface area contributed by atoms with Crippen LogP contribution in [0, 0.1) is 0 Å². The fourth-order valence-corrected chi connectivity index (χ4v) is 2.00. The summed E-state index contributed by atoms with van der Waals surface area (Å²) in [6, 6.07) is 0. The molecule has 0 fully saturated rings. The van der Waals surface area contributed by atoms with E-state index < -0.39 is 21.4 Å². The molecule has 0 heterocycles. The molecule has 74 valence electrons. The van der Waals surface area contributed by atoms with Gasteiger partial charge in [-0.15, -0.1) is 0 Å². The minimum absolute atomic E-state index is 0.109. The summed E-state index contributed by atoms with van der Waals surface area (Å²) in [6.07, 6.45) is -0.671. The highest BCUT2D eigenvalue weighted by molar-refractivity contribution is 7.92. The Hall–Kier alpha value is -0.130. The molecule has 0 amide bonds. The molecule has 1 unspecified atom stereocenters. The lowest BCUT2D eigenvalue weighted by Gasteiger charge is -2.20. The highest BCUT2D eigenvalue weighted by Gasteiger charge is 2.27. The topological polar surface area (TPSA) is 52.6 Å². The third-order valence-electron chi connectivity index (χ3n) is 1.82. The lowest BCUT2D eigenvalue weighted by Crippen LogP contribution is -2.35. The molecule has 1 atom stereocenters. The fourth-order valence-electron chi connectivity index (χ4n) is 0.912. The van der Waals surface area contributed by atoms with E-state index in [4.69, 9.17) is 9.47 Å². The van der Waals surface area contributed by atoms with E-state index in [9.17, 15) is 8.42 Å². The summed E-state index contributed by atoms with van der Waals surface area (Å²) >= 11 is 0. The average molecular weight is 196 g/mol. The lowest BCUT2D eigenvalue weighted by molar-refractivity contribution is -0.100. The Morgan fingerprint density at radius 2 is 1.67 bits per heavy atom. The molecule has 0 saturated carbocycles. The highest BCUT2D eigenvalue weighted by atomic mass is 32.2. The number of ether oxygens (including phenoxy) is 2. The molecule has 0 N–H and O–H groups in total. The van der Waals surface area contributed by atoms with Crippen LogP contribution in [0.25, 0.3) is 0 Å². The smallest absolute Gasteiger partial charge is 0.173 e. The normalized spacial score (nSPS) is 15.1. The van der Waals surface area contributed by atoms with Gasteiger partial charge in [0.05, 0.1) is 0 Å². The highest BCUT2D eigenvalue weighted by Crippen LogP contribution is 2.09. The zero-order valence-electron chi connectivity index (χ0n) is 7.90. The Bertz CT molecular complexity index is 205. The van der Waals surface area contributed by atoms with E-state index in [-0.39, 0.29) is 5.75 Å². The molecule has 0 rings (SSSR count). The molecule has 0 aliphatic carbocycles. The van der Waals surface area contributed by atoms with Crippen molar-refractivity contribution in [2.24, 2.45) is 0 Å². The predicted molar refractivity (Wildman–Crippen MR) is 46.7 cm³/mol. The van der Waals surface area contributed by atoms with Crippen LogP contribution in [-0.2, 0) is 19.3 Å². The summed E-state index contributed by atoms with van der Waals surface area (Å²) in [6.45, 7) is 3.19. The van der Waals surface area contributed by atoms with Crippen LogP contribution in [-0.4, -0.2) is 39.9 Å². The summed E-state index contributed by atoms with van der Waals surface area (Å²) in [5, 5.41) is -0.613. The number of hydrogen-bond donors (Lipinski definition) is 0. The van der Waals surface area contributed by atoms with Crippen molar-refractivity contribution in [3.05, 3.63) is 0 Å². The molecule has 5 heteroatoms. The van der Waals surface area contributed by atoms with Crippen molar-refractivity contribution in [2.45, 2.75) is 25.4 Å². The summed E-state index contributed by atoms with van der Waals surface area (Å²) in [5.41, 5.74) is 0. The number of hydrogen-bond acceptors (Lipinski definition) is 4. The summed E-state index contributed by atoms with van der Waals surface area (Å²) < 4.78 is 32.3. The standard InChI is InChI=1S/C7H16O4S/c1-5-12(8,9)6(2)7(10-3)11-4/h6-7H,5H2,1-4H3. The molecular weight excluding hydrogens is 180 g/mol. The van der Waals surface area contributed by atoms with Gasteiger partial charge < -0.3 is 9.47 Å². The van der Waals surface area contributed by atoms with Gasteiger partial charge in [0.1, 0.15) is 5.25 Å². The molecule has 0 aromatic heterocycles. The van der Waals surface area contributed by atoms with Crippen molar-refractivity contribution in [3.8, 4) is 0 Å². The Labute approximate surface area is 73.8 Å². The predicted octanol–water partition coefficient (Wildman–Crippen LogP) is 0.429. The van der Waals surface area contributed by atoms with E-state index in [2.05, 4.69) is 0 Å². The molecular formula is C7H16O4S. The maximum Gasteiger partial charge on any atom is 0.173 e. The van der Waals surface area contributed by atoms with Gasteiger partial charge in [-0.2, -0.15) is 0 Å². The average Bonchev–Trinajstić information content (AvgIpc) is 2.06. The number of methoxy groups -OCH3 is 2. The van der Waals surface area contributed by atoms with Crippen molar-refractivity contribution in [1.29, 1.82) is 0 Å². The van der Waals surface area contributed by atoms with Gasteiger partial charge in [0.15, 0.2) is 16.1 Å². The van der Waals surface area contributed by atoms with Gasteiger partial charge in [-0.3, -0.25) is 0 Å². The van der Waals surface area contributed by atoms with E-state index in [1.807, 2.05) is 0 Å². The maximum atomic E-state index is 11.3. The third kappa shape index (κ3) is 2.73. The van der Waals surface area contributed by atoms with Crippen molar-refractivity contribution in [3.63, 3.8) is 0 Å². The molecule has 0 bridgehead atoms. The number of rotatable bonds is 5. The monoisotopic (exact) mass is 196 g/mol. The molecule has 0 aromatic rings. The maximum absolute atomic E-state index is 11.3. The van der Waals surface area contributed by atoms with Crippen molar-refractivity contribution < 1.29 is 17.9 Å². The molecule has 0 radical (unpaired) electrons. The van der Waals surface area contributed by atoms with Gasteiger partial charge in [0, 0.05) is 20.0 Å². The molecule has 0 aliphatic rings. The molecule has 0 aromatic carbocycles. The van der Waals surface area contributed by atoms with Gasteiger partial charge in [-0.25, -0.2) is 8.42 Å². The minimum Gasteiger partial charge on any atom is -0.355 e. The van der Waals surface area contributed by atoms with Crippen molar-refractivity contribution in [2.75, 3.05) is 20.0 Å². The Kier molecular flexibility index (Phi) is 4.74. The molecule has 0 aliphatic heterocycles. The first kappa shape index (κ1) is 11.9. The lowest BCUT2D eigenvalue weighted by atomic mass is 10.5. The van der Waals surface area contributed by atoms with Gasteiger partial charge in [0.2, 0.25) is 0 Å². The van der Waals surface area contributed by atoms with Crippen LogP contribution in [0.2, 0.25) is 0 Å². The van der Waals surface area contributed by atoms with Gasteiger partial charge in [-0.05, 0) is 6.92 Å². The Balaban J connectivity index is 4.46. The van der Waals surface area contributed by atoms with Crippen LogP contribution in [0.1, 0.15) is 13.8 Å². The Morgan fingerprint density at radius 1 is 1.25 bits per heavy atom. The van der Waals surface area contributed by atoms with E-state index >= 15 is 0 Å². The van der Waals surface area contributed by atoms with E-state index in [0.29, 0.717) is 0 Å². The van der Waals surface area contributed by atoms with Crippen LogP contribution >= 0.6 is 0 Å². The minimum atomic E-state index is -3.07.